The molecule has 0 fully saturated rings. The molecule has 16 heteroatoms. The first-order valence-electron chi connectivity index (χ1n) is 25.0. The van der Waals surface area contributed by atoms with Crippen molar-refractivity contribution in [3.05, 3.63) is 219 Å². The van der Waals surface area contributed by atoms with Gasteiger partial charge in [0.2, 0.25) is 0 Å². The summed E-state index contributed by atoms with van der Waals surface area (Å²) in [6.45, 7) is 0. The van der Waals surface area contributed by atoms with E-state index in [2.05, 4.69) is 19.9 Å². The van der Waals surface area contributed by atoms with Crippen molar-refractivity contribution in [3.63, 3.8) is 0 Å². The smallest absolute Gasteiger partial charge is 0.0738 e. The highest BCUT2D eigenvalue weighted by Gasteiger charge is 2.26. The Balaban J connectivity index is 1.21. The lowest BCUT2D eigenvalue weighted by molar-refractivity contribution is 1.29. The topological polar surface area (TPSA) is 115 Å². The summed E-state index contributed by atoms with van der Waals surface area (Å²) in [5, 5.41) is 3.58. The quantitative estimate of drug-likeness (QED) is 0.137. The van der Waals surface area contributed by atoms with Crippen LogP contribution in [0.1, 0.15) is 45.6 Å². The highest BCUT2D eigenvalue weighted by molar-refractivity contribution is 6.42. The third kappa shape index (κ3) is 8.79. The van der Waals surface area contributed by atoms with Crippen LogP contribution in [0.4, 0.5) is 0 Å². The summed E-state index contributed by atoms with van der Waals surface area (Å²) in [5.41, 5.74) is 17.1. The summed E-state index contributed by atoms with van der Waals surface area (Å²) in [6.07, 6.45) is 15.7. The first kappa shape index (κ1) is 50.6. The van der Waals surface area contributed by atoms with Crippen LogP contribution < -0.4 is 0 Å². The van der Waals surface area contributed by atoms with Gasteiger partial charge >= 0.3 is 0 Å². The maximum atomic E-state index is 7.13. The number of fused-ring (bicyclic) bond motifs is 16. The van der Waals surface area contributed by atoms with Crippen LogP contribution in [0.5, 0.6) is 0 Å². The molecule has 4 aromatic carbocycles. The van der Waals surface area contributed by atoms with Crippen molar-refractivity contribution in [3.8, 4) is 55.6 Å². The van der Waals surface area contributed by atoms with Crippen molar-refractivity contribution < 1.29 is 0 Å². The summed E-state index contributed by atoms with van der Waals surface area (Å²) >= 11 is 57.0. The van der Waals surface area contributed by atoms with E-state index in [-0.39, 0.29) is 0 Å². The van der Waals surface area contributed by atoms with E-state index in [9.17, 15) is 0 Å². The standard InChI is InChI=1S/C64H34Cl8N8/c65-35-5-1-6-36(66)55(35)59-43-17-13-31(73-43)29-32-14-18-44(74-32)60(56-37(67)7-2-8-38(56)68)48-22-26-52(78-48)63(51-25-21-47(59)77-51)64-53-27-23-49(79-53)61(57-39(69)9-3-10-40(57)70)45-19-15-33(75-45)30-34-16-20-46(76-34)62(50-24-28-54(64)80-50)58-41(71)11-4-12-42(58)72/h1-30,73,75,78,80H. The first-order chi connectivity index (χ1) is 38.9. The molecule has 0 atom stereocenters. The zero-order chi connectivity index (χ0) is 54.5. The molecule has 8 nitrogen and oxygen atoms in total. The lowest BCUT2D eigenvalue weighted by Gasteiger charge is -2.10. The number of halogens is 8. The van der Waals surface area contributed by atoms with Crippen molar-refractivity contribution in [2.75, 3.05) is 0 Å². The van der Waals surface area contributed by atoms with Gasteiger partial charge in [-0.2, -0.15) is 0 Å². The molecule has 386 valence electrons. The summed E-state index contributed by atoms with van der Waals surface area (Å²) < 4.78 is 0. The minimum Gasteiger partial charge on any atom is -0.355 e. The van der Waals surface area contributed by atoms with Crippen molar-refractivity contribution in [1.82, 2.24) is 39.9 Å². The number of hydrogen-bond acceptors (Lipinski definition) is 4. The molecule has 16 bridgehead atoms. The summed E-state index contributed by atoms with van der Waals surface area (Å²) in [5.74, 6) is 0. The molecule has 14 rings (SSSR count). The maximum absolute atomic E-state index is 7.13. The Morgan fingerprint density at radius 1 is 0.225 bits per heavy atom. The molecule has 6 aromatic heterocycles. The Morgan fingerprint density at radius 3 is 0.738 bits per heavy atom. The minimum atomic E-state index is 0.447. The van der Waals surface area contributed by atoms with E-state index in [1.807, 2.05) is 182 Å². The molecule has 0 radical (unpaired) electrons. The van der Waals surface area contributed by atoms with Crippen molar-refractivity contribution in [2.45, 2.75) is 0 Å². The second-order valence-corrected chi connectivity index (χ2v) is 22.4. The molecule has 4 N–H and O–H groups in total. The van der Waals surface area contributed by atoms with Gasteiger partial charge < -0.3 is 19.9 Å². The van der Waals surface area contributed by atoms with E-state index in [4.69, 9.17) is 113 Å². The minimum absolute atomic E-state index is 0.447. The third-order valence-electron chi connectivity index (χ3n) is 14.3. The van der Waals surface area contributed by atoms with Crippen LogP contribution in [0, 0.1) is 0 Å². The van der Waals surface area contributed by atoms with Crippen LogP contribution >= 0.6 is 92.8 Å². The van der Waals surface area contributed by atoms with Crippen LogP contribution in [-0.2, 0) is 0 Å². The Kier molecular flexibility index (Phi) is 12.8. The number of rotatable bonds is 5. The van der Waals surface area contributed by atoms with Gasteiger partial charge in [-0.15, -0.1) is 0 Å². The molecule has 80 heavy (non-hydrogen) atoms. The molecule has 10 aromatic rings. The molecule has 4 aliphatic heterocycles. The van der Waals surface area contributed by atoms with E-state index in [0.717, 1.165) is 22.1 Å². The van der Waals surface area contributed by atoms with Crippen molar-refractivity contribution in [1.29, 1.82) is 0 Å². The highest BCUT2D eigenvalue weighted by Crippen LogP contribution is 2.47. The van der Waals surface area contributed by atoms with E-state index < -0.39 is 0 Å². The fourth-order valence-electron chi connectivity index (χ4n) is 10.8. The van der Waals surface area contributed by atoms with Crippen LogP contribution in [0.25, 0.3) is 148 Å². The molecule has 0 aliphatic carbocycles. The molecule has 0 saturated heterocycles. The summed E-state index contributed by atoms with van der Waals surface area (Å²) in [7, 11) is 0. The van der Waals surface area contributed by atoms with E-state index in [0.29, 0.717) is 163 Å². The maximum Gasteiger partial charge on any atom is 0.0738 e. The Labute approximate surface area is 496 Å². The monoisotopic (exact) mass is 1190 g/mol. The Bertz CT molecular complexity index is 4360. The van der Waals surface area contributed by atoms with Gasteiger partial charge in [0.1, 0.15) is 0 Å². The number of aromatic nitrogens is 8. The Morgan fingerprint density at radius 2 is 0.450 bits per heavy atom. The lowest BCUT2D eigenvalue weighted by Crippen LogP contribution is -1.93. The van der Waals surface area contributed by atoms with Crippen molar-refractivity contribution >= 4 is 186 Å². The average Bonchev–Trinajstić information content (AvgIpc) is 4.37. The second-order valence-electron chi connectivity index (χ2n) is 19.1. The predicted octanol–water partition coefficient (Wildman–Crippen LogP) is 21.2. The van der Waals surface area contributed by atoms with Gasteiger partial charge in [-0.1, -0.05) is 117 Å². The molecule has 4 aliphatic rings. The first-order valence-corrected chi connectivity index (χ1v) is 28.0. The number of benzene rings is 4. The highest BCUT2D eigenvalue weighted by atomic mass is 35.5. The number of nitrogens with zero attached hydrogens (tertiary/aromatic N) is 4. The van der Waals surface area contributed by atoms with Gasteiger partial charge in [-0.05, 0) is 158 Å². The average molecular weight is 1200 g/mol. The SMILES string of the molecule is Clc1cccc(Cl)c1-c1c2nc(c(-c3c4nc(c(-c5c(Cl)cccc5Cl)c5ccc(cc6nc(c(-c7c(Cl)cccc7Cl)c7ccc3[nH]7)C=C6)[nH]5)C=C4)c3ccc([nH]3)c(-c3c(Cl)cccc3Cl)c3nc(cc4ccc1[nH]4)C=C3)C=C2. The molecule has 0 unspecified atom stereocenters. The number of H-pyrrole nitrogens is 4. The van der Waals surface area contributed by atoms with E-state index in [1.54, 1.807) is 0 Å². The van der Waals surface area contributed by atoms with Crippen LogP contribution in [-0.4, -0.2) is 39.9 Å². The van der Waals surface area contributed by atoms with E-state index in [1.165, 1.54) is 0 Å². The Hall–Kier alpha value is -7.60. The molecular formula is C64H34Cl8N8. The normalized spacial score (nSPS) is 12.6. The molecule has 0 amide bonds. The molecular weight excluding hydrogens is 1160 g/mol. The largest absolute Gasteiger partial charge is 0.355 e. The van der Waals surface area contributed by atoms with Crippen LogP contribution in [0.3, 0.4) is 0 Å². The lowest BCUT2D eigenvalue weighted by atomic mass is 10.0. The zero-order valence-electron chi connectivity index (χ0n) is 41.1. The third-order valence-corrected chi connectivity index (χ3v) is 16.8. The van der Waals surface area contributed by atoms with Gasteiger partial charge in [0.25, 0.3) is 0 Å². The van der Waals surface area contributed by atoms with E-state index >= 15 is 0 Å². The van der Waals surface area contributed by atoms with Crippen LogP contribution in [0.15, 0.2) is 133 Å². The number of nitrogens with one attached hydrogen (secondary N) is 4. The van der Waals surface area contributed by atoms with Gasteiger partial charge in [0.05, 0.1) is 85.7 Å². The molecule has 0 spiro atoms. The van der Waals surface area contributed by atoms with Gasteiger partial charge in [-0.3, -0.25) is 0 Å². The zero-order valence-corrected chi connectivity index (χ0v) is 47.2. The molecule has 10 heterocycles. The second kappa shape index (κ2) is 20.2. The van der Waals surface area contributed by atoms with Gasteiger partial charge in [0, 0.05) is 99.8 Å². The number of hydrogen-bond donors (Lipinski definition) is 4. The van der Waals surface area contributed by atoms with Gasteiger partial charge in [-0.25, -0.2) is 19.9 Å². The fraction of sp³-hybridized carbons (Fsp3) is 0. The predicted molar refractivity (Wildman–Crippen MR) is 339 cm³/mol. The summed E-state index contributed by atoms with van der Waals surface area (Å²) in [6, 6.07) is 41.7. The van der Waals surface area contributed by atoms with Crippen LogP contribution in [0.2, 0.25) is 40.2 Å². The summed E-state index contributed by atoms with van der Waals surface area (Å²) in [4.78, 5) is 36.4. The van der Waals surface area contributed by atoms with Crippen molar-refractivity contribution in [2.24, 2.45) is 0 Å². The fourth-order valence-corrected chi connectivity index (χ4v) is 13.1. The number of aromatic amines is 4. The molecule has 0 saturated carbocycles. The van der Waals surface area contributed by atoms with Gasteiger partial charge in [0.15, 0.2) is 0 Å².